The number of alkyl halides is 1. The normalized spacial score (nSPS) is 23.8. The van der Waals surface area contributed by atoms with Crippen LogP contribution in [0.2, 0.25) is 0 Å². The summed E-state index contributed by atoms with van der Waals surface area (Å²) < 4.78 is 19.3. The monoisotopic (exact) mass is 369 g/mol. The van der Waals surface area contributed by atoms with Gasteiger partial charge in [-0.05, 0) is 29.2 Å². The van der Waals surface area contributed by atoms with Crippen molar-refractivity contribution in [1.29, 1.82) is 0 Å². The average molecular weight is 369 g/mol. The molecule has 1 N–H and O–H groups in total. The SMILES string of the molecule is C[C@@]1(C(=O)O)C[C@@H](F)CN1C(=O)OCC1c2ccccc2-c2ccccc21. The van der Waals surface area contributed by atoms with Gasteiger partial charge in [-0.3, -0.25) is 4.90 Å². The van der Waals surface area contributed by atoms with Gasteiger partial charge in [0.2, 0.25) is 0 Å². The molecule has 140 valence electrons. The zero-order valence-corrected chi connectivity index (χ0v) is 14.9. The quantitative estimate of drug-likeness (QED) is 0.893. The van der Waals surface area contributed by atoms with E-state index in [1.54, 1.807) is 0 Å². The van der Waals surface area contributed by atoms with Gasteiger partial charge in [0, 0.05) is 12.3 Å². The van der Waals surface area contributed by atoms with Gasteiger partial charge in [0.25, 0.3) is 0 Å². The lowest BCUT2D eigenvalue weighted by atomic mass is 9.98. The highest BCUT2D eigenvalue weighted by Crippen LogP contribution is 2.44. The first-order valence-corrected chi connectivity index (χ1v) is 8.92. The predicted octanol–water partition coefficient (Wildman–Crippen LogP) is 3.82. The number of amides is 1. The van der Waals surface area contributed by atoms with Gasteiger partial charge < -0.3 is 9.84 Å². The molecular weight excluding hydrogens is 349 g/mol. The lowest BCUT2D eigenvalue weighted by Crippen LogP contribution is -2.51. The fourth-order valence-corrected chi connectivity index (χ4v) is 4.16. The van der Waals surface area contributed by atoms with E-state index in [0.29, 0.717) is 0 Å². The van der Waals surface area contributed by atoms with Crippen LogP contribution in [0.15, 0.2) is 48.5 Å². The summed E-state index contributed by atoms with van der Waals surface area (Å²) >= 11 is 0. The third-order valence-electron chi connectivity index (χ3n) is 5.61. The zero-order valence-electron chi connectivity index (χ0n) is 14.9. The number of carboxylic acids is 1. The molecule has 1 aliphatic carbocycles. The number of hydrogen-bond donors (Lipinski definition) is 1. The molecule has 2 aromatic carbocycles. The fourth-order valence-electron chi connectivity index (χ4n) is 4.16. The van der Waals surface area contributed by atoms with Crippen LogP contribution in [0.1, 0.15) is 30.4 Å². The molecular formula is C21H20FNO4. The summed E-state index contributed by atoms with van der Waals surface area (Å²) in [4.78, 5) is 25.1. The van der Waals surface area contributed by atoms with Crippen molar-refractivity contribution in [2.75, 3.05) is 13.2 Å². The first kappa shape index (κ1) is 17.5. The molecule has 1 saturated heterocycles. The van der Waals surface area contributed by atoms with Crippen molar-refractivity contribution in [3.05, 3.63) is 59.7 Å². The molecule has 4 rings (SSSR count). The molecule has 5 nitrogen and oxygen atoms in total. The summed E-state index contributed by atoms with van der Waals surface area (Å²) in [5.74, 6) is -1.35. The van der Waals surface area contributed by atoms with Crippen LogP contribution < -0.4 is 0 Å². The van der Waals surface area contributed by atoms with Crippen LogP contribution >= 0.6 is 0 Å². The van der Waals surface area contributed by atoms with Crippen LogP contribution in [0.5, 0.6) is 0 Å². The molecule has 1 fully saturated rings. The number of fused-ring (bicyclic) bond motifs is 3. The van der Waals surface area contributed by atoms with E-state index >= 15 is 0 Å². The average Bonchev–Trinajstić information content (AvgIpc) is 3.15. The molecule has 0 bridgehead atoms. The standard InChI is InChI=1S/C21H20FNO4/c1-21(19(24)25)10-13(22)11-23(21)20(26)27-12-18-16-8-4-2-6-14(16)15-7-3-5-9-17(15)18/h2-9,13,18H,10-12H2,1H3,(H,24,25)/t13-,21+/m1/s1. The largest absolute Gasteiger partial charge is 0.480 e. The second kappa shape index (κ2) is 6.37. The third kappa shape index (κ3) is 2.76. The number of likely N-dealkylation sites (tertiary alicyclic amines) is 1. The number of ether oxygens (including phenoxy) is 1. The first-order chi connectivity index (χ1) is 12.9. The van der Waals surface area contributed by atoms with Crippen LogP contribution in [0, 0.1) is 0 Å². The van der Waals surface area contributed by atoms with Gasteiger partial charge in [-0.2, -0.15) is 0 Å². The van der Waals surface area contributed by atoms with Crippen LogP contribution in [0.3, 0.4) is 0 Å². The minimum absolute atomic E-state index is 0.0794. The van der Waals surface area contributed by atoms with E-state index in [4.69, 9.17) is 4.74 Å². The Balaban J connectivity index is 1.56. The van der Waals surface area contributed by atoms with Crippen molar-refractivity contribution in [3.63, 3.8) is 0 Å². The number of aliphatic carboxylic acids is 1. The summed E-state index contributed by atoms with van der Waals surface area (Å²) in [6, 6.07) is 15.9. The van der Waals surface area contributed by atoms with Gasteiger partial charge in [0.15, 0.2) is 0 Å². The first-order valence-electron chi connectivity index (χ1n) is 8.92. The topological polar surface area (TPSA) is 66.8 Å². The maximum absolute atomic E-state index is 13.8. The van der Waals surface area contributed by atoms with Crippen molar-refractivity contribution in [3.8, 4) is 11.1 Å². The Morgan fingerprint density at radius 2 is 1.70 bits per heavy atom. The van der Waals surface area contributed by atoms with Crippen LogP contribution in [-0.4, -0.2) is 46.9 Å². The fraction of sp³-hybridized carbons (Fsp3) is 0.333. The Labute approximate surface area is 156 Å². The van der Waals surface area contributed by atoms with Crippen LogP contribution in [0.25, 0.3) is 11.1 Å². The summed E-state index contributed by atoms with van der Waals surface area (Å²) in [5.41, 5.74) is 2.76. The Hall–Kier alpha value is -2.89. The molecule has 27 heavy (non-hydrogen) atoms. The van der Waals surface area contributed by atoms with Gasteiger partial charge in [-0.1, -0.05) is 48.5 Å². The van der Waals surface area contributed by atoms with E-state index in [1.165, 1.54) is 6.92 Å². The lowest BCUT2D eigenvalue weighted by Gasteiger charge is -2.30. The molecule has 0 spiro atoms. The van der Waals surface area contributed by atoms with E-state index in [9.17, 15) is 19.1 Å². The molecule has 0 saturated carbocycles. The molecule has 0 unspecified atom stereocenters. The number of carboxylic acid groups (broad SMARTS) is 1. The maximum atomic E-state index is 13.8. The Bertz CT molecular complexity index is 869. The Kier molecular flexibility index (Phi) is 4.13. The maximum Gasteiger partial charge on any atom is 0.410 e. The van der Waals surface area contributed by atoms with Gasteiger partial charge in [-0.15, -0.1) is 0 Å². The predicted molar refractivity (Wildman–Crippen MR) is 97.3 cm³/mol. The van der Waals surface area contributed by atoms with Crippen LogP contribution in [0.4, 0.5) is 9.18 Å². The molecule has 6 heteroatoms. The Morgan fingerprint density at radius 1 is 1.15 bits per heavy atom. The summed E-state index contributed by atoms with van der Waals surface area (Å²) in [5, 5.41) is 9.43. The summed E-state index contributed by atoms with van der Waals surface area (Å²) in [6.45, 7) is 1.17. The van der Waals surface area contributed by atoms with E-state index in [0.717, 1.165) is 27.2 Å². The molecule has 1 amide bonds. The second-order valence-corrected chi connectivity index (χ2v) is 7.30. The van der Waals surface area contributed by atoms with Crippen molar-refractivity contribution in [1.82, 2.24) is 4.90 Å². The highest BCUT2D eigenvalue weighted by atomic mass is 19.1. The number of carbonyl (C=O) groups excluding carboxylic acids is 1. The van der Waals surface area contributed by atoms with E-state index < -0.39 is 23.8 Å². The van der Waals surface area contributed by atoms with Crippen molar-refractivity contribution < 1.29 is 23.8 Å². The smallest absolute Gasteiger partial charge is 0.410 e. The minimum Gasteiger partial charge on any atom is -0.480 e. The van der Waals surface area contributed by atoms with Crippen molar-refractivity contribution in [2.24, 2.45) is 0 Å². The van der Waals surface area contributed by atoms with Crippen molar-refractivity contribution in [2.45, 2.75) is 31.0 Å². The number of rotatable bonds is 3. The number of carbonyl (C=O) groups is 2. The highest BCUT2D eigenvalue weighted by Gasteiger charge is 2.51. The second-order valence-electron chi connectivity index (χ2n) is 7.30. The molecule has 2 atom stereocenters. The molecule has 0 aromatic heterocycles. The lowest BCUT2D eigenvalue weighted by molar-refractivity contribution is -0.147. The van der Waals surface area contributed by atoms with E-state index in [1.807, 2.05) is 48.5 Å². The van der Waals surface area contributed by atoms with E-state index in [2.05, 4.69) is 0 Å². The third-order valence-corrected chi connectivity index (χ3v) is 5.61. The summed E-state index contributed by atoms with van der Waals surface area (Å²) in [7, 11) is 0. The summed E-state index contributed by atoms with van der Waals surface area (Å²) in [6.07, 6.45) is -2.39. The zero-order chi connectivity index (χ0) is 19.2. The highest BCUT2D eigenvalue weighted by molar-refractivity contribution is 5.85. The number of halogens is 1. The Morgan fingerprint density at radius 3 is 2.26 bits per heavy atom. The minimum atomic E-state index is -1.58. The van der Waals surface area contributed by atoms with Gasteiger partial charge in [-0.25, -0.2) is 14.0 Å². The molecule has 2 aliphatic rings. The molecule has 1 heterocycles. The molecule has 1 aliphatic heterocycles. The van der Waals surface area contributed by atoms with Gasteiger partial charge in [0.05, 0.1) is 6.54 Å². The molecule has 2 aromatic rings. The van der Waals surface area contributed by atoms with Gasteiger partial charge >= 0.3 is 12.1 Å². The van der Waals surface area contributed by atoms with E-state index in [-0.39, 0.29) is 25.5 Å². The number of hydrogen-bond acceptors (Lipinski definition) is 3. The number of benzene rings is 2. The van der Waals surface area contributed by atoms with Gasteiger partial charge in [0.1, 0.15) is 18.3 Å². The molecule has 0 radical (unpaired) electrons. The van der Waals surface area contributed by atoms with Crippen LogP contribution in [-0.2, 0) is 9.53 Å². The number of nitrogens with zero attached hydrogens (tertiary/aromatic N) is 1. The van der Waals surface area contributed by atoms with Crippen molar-refractivity contribution >= 4 is 12.1 Å².